The van der Waals surface area contributed by atoms with Crippen LogP contribution in [0.5, 0.6) is 0 Å². The highest BCUT2D eigenvalue weighted by Gasteiger charge is 2.36. The van der Waals surface area contributed by atoms with Crippen molar-refractivity contribution in [2.24, 2.45) is 5.41 Å². The number of nitrogen functional groups attached to an aromatic ring is 1. The molecular weight excluding hydrogens is 250 g/mol. The van der Waals surface area contributed by atoms with Crippen LogP contribution in [0.1, 0.15) is 38.5 Å². The molecule has 0 bridgehead atoms. The molecule has 1 aliphatic heterocycles. The lowest BCUT2D eigenvalue weighted by Gasteiger charge is -2.39. The Labute approximate surface area is 120 Å². The lowest BCUT2D eigenvalue weighted by Crippen LogP contribution is -2.40. The second kappa shape index (κ2) is 5.60. The molecule has 0 radical (unpaired) electrons. The standard InChI is InChI=1S/C16H25N3O/c17-14-3-4-15(20)19(13-14)12-11-18-9-7-16(8-10-18)5-1-2-6-16/h3-4,13H,1-2,5-12,17H2. The minimum absolute atomic E-state index is 0.0449. The van der Waals surface area contributed by atoms with Gasteiger partial charge in [-0.1, -0.05) is 12.8 Å². The summed E-state index contributed by atoms with van der Waals surface area (Å²) in [6.45, 7) is 4.09. The molecule has 2 aliphatic rings. The summed E-state index contributed by atoms with van der Waals surface area (Å²) in [5.41, 5.74) is 7.12. The zero-order valence-electron chi connectivity index (χ0n) is 12.2. The van der Waals surface area contributed by atoms with Crippen LogP contribution in [0.25, 0.3) is 0 Å². The van der Waals surface area contributed by atoms with E-state index in [4.69, 9.17) is 5.73 Å². The number of aromatic nitrogens is 1. The van der Waals surface area contributed by atoms with Crippen LogP contribution >= 0.6 is 0 Å². The van der Waals surface area contributed by atoms with Crippen molar-refractivity contribution in [3.63, 3.8) is 0 Å². The Bertz CT molecular complexity index is 507. The number of piperidine rings is 1. The van der Waals surface area contributed by atoms with E-state index in [9.17, 15) is 4.79 Å². The van der Waals surface area contributed by atoms with Crippen LogP contribution in [0.15, 0.2) is 23.1 Å². The SMILES string of the molecule is Nc1ccc(=O)n(CCN2CCC3(CCCC3)CC2)c1. The van der Waals surface area contributed by atoms with Gasteiger partial charge < -0.3 is 15.2 Å². The van der Waals surface area contributed by atoms with E-state index < -0.39 is 0 Å². The van der Waals surface area contributed by atoms with Crippen LogP contribution in [0.3, 0.4) is 0 Å². The van der Waals surface area contributed by atoms with Crippen LogP contribution in [0, 0.1) is 5.41 Å². The molecule has 1 spiro atoms. The van der Waals surface area contributed by atoms with E-state index in [1.807, 2.05) is 0 Å². The minimum Gasteiger partial charge on any atom is -0.398 e. The van der Waals surface area contributed by atoms with Gasteiger partial charge in [-0.2, -0.15) is 0 Å². The van der Waals surface area contributed by atoms with Crippen molar-refractivity contribution in [2.45, 2.75) is 45.1 Å². The highest BCUT2D eigenvalue weighted by molar-refractivity contribution is 5.33. The molecule has 4 nitrogen and oxygen atoms in total. The molecule has 1 saturated heterocycles. The molecule has 0 unspecified atom stereocenters. The van der Waals surface area contributed by atoms with Crippen LogP contribution < -0.4 is 11.3 Å². The van der Waals surface area contributed by atoms with Crippen molar-refractivity contribution in [1.29, 1.82) is 0 Å². The third kappa shape index (κ3) is 2.90. The van der Waals surface area contributed by atoms with Gasteiger partial charge in [0.05, 0.1) is 0 Å². The first-order valence-electron chi connectivity index (χ1n) is 7.85. The largest absolute Gasteiger partial charge is 0.398 e. The van der Waals surface area contributed by atoms with Crippen molar-refractivity contribution in [1.82, 2.24) is 9.47 Å². The zero-order chi connectivity index (χ0) is 14.0. The lowest BCUT2D eigenvalue weighted by molar-refractivity contribution is 0.106. The number of nitrogens with zero attached hydrogens (tertiary/aromatic N) is 2. The Hall–Kier alpha value is -1.29. The number of nitrogens with two attached hydrogens (primary N) is 1. The maximum Gasteiger partial charge on any atom is 0.250 e. The summed E-state index contributed by atoms with van der Waals surface area (Å²) < 4.78 is 1.73. The molecule has 2 fully saturated rings. The third-order valence-electron chi connectivity index (χ3n) is 5.24. The number of hydrogen-bond acceptors (Lipinski definition) is 3. The molecule has 3 rings (SSSR count). The number of pyridine rings is 1. The number of hydrogen-bond donors (Lipinski definition) is 1. The van der Waals surface area contributed by atoms with Crippen molar-refractivity contribution < 1.29 is 0 Å². The summed E-state index contributed by atoms with van der Waals surface area (Å²) in [6.07, 6.45) is 10.2. The molecule has 0 atom stereocenters. The van der Waals surface area contributed by atoms with E-state index in [0.717, 1.165) is 13.1 Å². The highest BCUT2D eigenvalue weighted by atomic mass is 16.1. The average molecular weight is 275 g/mol. The lowest BCUT2D eigenvalue weighted by atomic mass is 9.77. The Morgan fingerprint density at radius 2 is 1.75 bits per heavy atom. The third-order valence-corrected chi connectivity index (χ3v) is 5.24. The fourth-order valence-corrected chi connectivity index (χ4v) is 3.85. The van der Waals surface area contributed by atoms with E-state index in [1.165, 1.54) is 51.6 Å². The maximum absolute atomic E-state index is 11.7. The molecule has 20 heavy (non-hydrogen) atoms. The molecule has 4 heteroatoms. The van der Waals surface area contributed by atoms with Crippen molar-refractivity contribution >= 4 is 5.69 Å². The summed E-state index contributed by atoms with van der Waals surface area (Å²) in [6, 6.07) is 3.22. The first-order chi connectivity index (χ1) is 9.67. The van der Waals surface area contributed by atoms with Gasteiger partial charge in [0.15, 0.2) is 0 Å². The monoisotopic (exact) mass is 275 g/mol. The van der Waals surface area contributed by atoms with Gasteiger partial charge >= 0.3 is 0 Å². The minimum atomic E-state index is 0.0449. The fourth-order valence-electron chi connectivity index (χ4n) is 3.85. The maximum atomic E-state index is 11.7. The van der Waals surface area contributed by atoms with Gasteiger partial charge in [-0.15, -0.1) is 0 Å². The van der Waals surface area contributed by atoms with E-state index in [-0.39, 0.29) is 5.56 Å². The van der Waals surface area contributed by atoms with E-state index in [1.54, 1.807) is 22.9 Å². The topological polar surface area (TPSA) is 51.3 Å². The van der Waals surface area contributed by atoms with E-state index in [2.05, 4.69) is 4.90 Å². The van der Waals surface area contributed by atoms with Gasteiger partial charge in [-0.3, -0.25) is 4.79 Å². The molecule has 1 aliphatic carbocycles. The van der Waals surface area contributed by atoms with Gasteiger partial charge in [-0.05, 0) is 50.3 Å². The smallest absolute Gasteiger partial charge is 0.250 e. The van der Waals surface area contributed by atoms with Crippen LogP contribution in [0.2, 0.25) is 0 Å². The van der Waals surface area contributed by atoms with Gasteiger partial charge in [-0.25, -0.2) is 0 Å². The molecule has 0 aromatic carbocycles. The summed E-state index contributed by atoms with van der Waals surface area (Å²) in [4.78, 5) is 14.2. The Morgan fingerprint density at radius 1 is 1.05 bits per heavy atom. The summed E-state index contributed by atoms with van der Waals surface area (Å²) in [7, 11) is 0. The first kappa shape index (κ1) is 13.7. The average Bonchev–Trinajstić information content (AvgIpc) is 2.90. The molecule has 2 N–H and O–H groups in total. The molecular formula is C16H25N3O. The number of rotatable bonds is 3. The van der Waals surface area contributed by atoms with Crippen LogP contribution in [-0.2, 0) is 6.54 Å². The van der Waals surface area contributed by atoms with Crippen molar-refractivity contribution in [2.75, 3.05) is 25.4 Å². The van der Waals surface area contributed by atoms with Gasteiger partial charge in [0.1, 0.15) is 0 Å². The Balaban J connectivity index is 1.52. The summed E-state index contributed by atoms with van der Waals surface area (Å²) in [5, 5.41) is 0. The first-order valence-corrected chi connectivity index (χ1v) is 7.85. The molecule has 1 saturated carbocycles. The second-order valence-electron chi connectivity index (χ2n) is 6.54. The normalized spacial score (nSPS) is 22.4. The van der Waals surface area contributed by atoms with Gasteiger partial charge in [0.2, 0.25) is 0 Å². The molecule has 1 aromatic heterocycles. The molecule has 110 valence electrons. The Morgan fingerprint density at radius 3 is 2.45 bits per heavy atom. The van der Waals surface area contributed by atoms with Crippen LogP contribution in [-0.4, -0.2) is 29.1 Å². The molecule has 2 heterocycles. The fraction of sp³-hybridized carbons (Fsp3) is 0.688. The molecule has 0 amide bonds. The van der Waals surface area contributed by atoms with Gasteiger partial charge in [0.25, 0.3) is 5.56 Å². The number of anilines is 1. The highest BCUT2D eigenvalue weighted by Crippen LogP contribution is 2.45. The summed E-state index contributed by atoms with van der Waals surface area (Å²) >= 11 is 0. The predicted molar refractivity (Wildman–Crippen MR) is 81.7 cm³/mol. The van der Waals surface area contributed by atoms with E-state index >= 15 is 0 Å². The molecule has 1 aromatic rings. The van der Waals surface area contributed by atoms with Crippen molar-refractivity contribution in [3.05, 3.63) is 28.7 Å². The predicted octanol–water partition coefficient (Wildman–Crippen LogP) is 2.09. The van der Waals surface area contributed by atoms with Crippen molar-refractivity contribution in [3.8, 4) is 0 Å². The van der Waals surface area contributed by atoms with Crippen LogP contribution in [0.4, 0.5) is 5.69 Å². The second-order valence-corrected chi connectivity index (χ2v) is 6.54. The van der Waals surface area contributed by atoms with Gasteiger partial charge in [0, 0.05) is 31.0 Å². The zero-order valence-corrected chi connectivity index (χ0v) is 12.2. The quantitative estimate of drug-likeness (QED) is 0.919. The number of likely N-dealkylation sites (tertiary alicyclic amines) is 1. The summed E-state index contributed by atoms with van der Waals surface area (Å²) in [5.74, 6) is 0. The Kier molecular flexibility index (Phi) is 3.83. The van der Waals surface area contributed by atoms with E-state index in [0.29, 0.717) is 11.1 Å².